The third kappa shape index (κ3) is 3.78. The van der Waals surface area contributed by atoms with Gasteiger partial charge in [0.15, 0.2) is 5.56 Å². The Morgan fingerprint density at radius 1 is 1.34 bits per heavy atom. The molecule has 0 saturated carbocycles. The average molecular weight is 434 g/mol. The molecular formula is C25H27N3O4. The van der Waals surface area contributed by atoms with Crippen LogP contribution in [0.15, 0.2) is 29.1 Å². The van der Waals surface area contributed by atoms with E-state index in [1.807, 2.05) is 32.2 Å². The van der Waals surface area contributed by atoms with Crippen LogP contribution in [0.5, 0.6) is 5.75 Å². The zero-order valence-corrected chi connectivity index (χ0v) is 18.3. The maximum atomic E-state index is 12.3. The molecule has 1 aromatic carbocycles. The fourth-order valence-corrected chi connectivity index (χ4v) is 4.70. The van der Waals surface area contributed by atoms with E-state index in [0.29, 0.717) is 23.6 Å². The zero-order valence-electron chi connectivity index (χ0n) is 18.3. The van der Waals surface area contributed by atoms with Crippen molar-refractivity contribution in [2.75, 3.05) is 13.1 Å². The molecule has 7 nitrogen and oxygen atoms in total. The molecule has 4 rings (SSSR count). The van der Waals surface area contributed by atoms with E-state index in [1.54, 1.807) is 0 Å². The Morgan fingerprint density at radius 3 is 2.81 bits per heavy atom. The van der Waals surface area contributed by atoms with Gasteiger partial charge in [-0.05, 0) is 49.6 Å². The van der Waals surface area contributed by atoms with Gasteiger partial charge in [-0.15, -0.1) is 12.3 Å². The van der Waals surface area contributed by atoms with Crippen molar-refractivity contribution in [2.45, 2.75) is 32.7 Å². The number of likely N-dealkylation sites (tertiary alicyclic amines) is 1. The van der Waals surface area contributed by atoms with E-state index in [0.717, 1.165) is 48.9 Å². The normalized spacial score (nSPS) is 16.8. The summed E-state index contributed by atoms with van der Waals surface area (Å²) in [5, 5.41) is 20.7. The summed E-state index contributed by atoms with van der Waals surface area (Å²) >= 11 is 0. The number of piperidine rings is 1. The van der Waals surface area contributed by atoms with Crippen LogP contribution in [0.3, 0.4) is 0 Å². The van der Waals surface area contributed by atoms with E-state index in [9.17, 15) is 19.8 Å². The average Bonchev–Trinajstić information content (AvgIpc) is 3.07. The second-order valence-electron chi connectivity index (χ2n) is 8.40. The van der Waals surface area contributed by atoms with Crippen molar-refractivity contribution in [1.82, 2.24) is 14.5 Å². The number of H-pyrrole nitrogens is 1. The lowest BCUT2D eigenvalue weighted by Crippen LogP contribution is -2.34. The van der Waals surface area contributed by atoms with E-state index in [-0.39, 0.29) is 0 Å². The molecule has 3 heterocycles. The fourth-order valence-electron chi connectivity index (χ4n) is 4.70. The number of benzene rings is 1. The number of hydrogen-bond acceptors (Lipinski definition) is 4. The third-order valence-electron chi connectivity index (χ3n) is 6.41. The van der Waals surface area contributed by atoms with Gasteiger partial charge in [0.25, 0.3) is 5.56 Å². The maximum Gasteiger partial charge on any atom is 0.345 e. The standard InChI is InChI=1S/C25H27N3O4/c1-4-15-7-6-10-28(13-15)14-18-12-17-11-16(8-9-20(17)27(18)3)22-19(5-2)23(29)21(25(31)32)24(30)26-22/h1,8-9,11-12,15H,5-7,10,13-14H2,2-3H3,(H,31,32)(H2,26,29,30)/t15-/m0/s1. The summed E-state index contributed by atoms with van der Waals surface area (Å²) in [5.74, 6) is 1.27. The molecule has 7 heteroatoms. The lowest BCUT2D eigenvalue weighted by molar-refractivity contribution is 0.0691. The Balaban J connectivity index is 1.73. The molecule has 1 aliphatic heterocycles. The van der Waals surface area contributed by atoms with Crippen molar-refractivity contribution in [3.05, 3.63) is 51.4 Å². The predicted molar refractivity (Wildman–Crippen MR) is 124 cm³/mol. The number of carboxylic acids is 1. The first kappa shape index (κ1) is 21.7. The summed E-state index contributed by atoms with van der Waals surface area (Å²) in [5.41, 5.74) is 2.36. The minimum absolute atomic E-state index is 0.302. The van der Waals surface area contributed by atoms with Gasteiger partial charge < -0.3 is 19.8 Å². The molecule has 0 unspecified atom stereocenters. The molecule has 2 aromatic heterocycles. The highest BCUT2D eigenvalue weighted by Crippen LogP contribution is 2.32. The van der Waals surface area contributed by atoms with Crippen LogP contribution in [0.25, 0.3) is 22.2 Å². The van der Waals surface area contributed by atoms with Crippen LogP contribution in [0.4, 0.5) is 0 Å². The van der Waals surface area contributed by atoms with Gasteiger partial charge in [0.05, 0.1) is 5.69 Å². The molecule has 166 valence electrons. The van der Waals surface area contributed by atoms with Crippen molar-refractivity contribution in [3.8, 4) is 29.4 Å². The SMILES string of the molecule is C#C[C@H]1CCCN(Cc2cc3cc(-c4[nH]c(=O)c(C(=O)O)c(O)c4CC)ccc3n2C)C1. The molecule has 0 radical (unpaired) electrons. The Morgan fingerprint density at radius 2 is 2.12 bits per heavy atom. The smallest absolute Gasteiger partial charge is 0.345 e. The second kappa shape index (κ2) is 8.56. The minimum atomic E-state index is -1.45. The van der Waals surface area contributed by atoms with Gasteiger partial charge in [0.1, 0.15) is 5.75 Å². The second-order valence-corrected chi connectivity index (χ2v) is 8.40. The number of terminal acetylenes is 1. The molecular weight excluding hydrogens is 406 g/mol. The zero-order chi connectivity index (χ0) is 23.0. The molecule has 3 aromatic rings. The molecule has 0 bridgehead atoms. The summed E-state index contributed by atoms with van der Waals surface area (Å²) < 4.78 is 2.16. The Kier molecular flexibility index (Phi) is 5.81. The van der Waals surface area contributed by atoms with Crippen LogP contribution >= 0.6 is 0 Å². The van der Waals surface area contributed by atoms with Crippen molar-refractivity contribution in [3.63, 3.8) is 0 Å². The monoisotopic (exact) mass is 433 g/mol. The van der Waals surface area contributed by atoms with Gasteiger partial charge in [0, 0.05) is 48.2 Å². The topological polar surface area (TPSA) is 98.6 Å². The molecule has 3 N–H and O–H groups in total. The number of aromatic amines is 1. The summed E-state index contributed by atoms with van der Waals surface area (Å²) in [6, 6.07) is 7.96. The number of aromatic nitrogens is 2. The molecule has 1 fully saturated rings. The molecule has 1 atom stereocenters. The lowest BCUT2D eigenvalue weighted by atomic mass is 9.99. The highest BCUT2D eigenvalue weighted by Gasteiger charge is 2.23. The van der Waals surface area contributed by atoms with Crippen LogP contribution in [-0.4, -0.2) is 43.7 Å². The van der Waals surface area contributed by atoms with E-state index in [2.05, 4.69) is 26.4 Å². The quantitative estimate of drug-likeness (QED) is 0.536. The molecule has 32 heavy (non-hydrogen) atoms. The molecule has 0 amide bonds. The van der Waals surface area contributed by atoms with Gasteiger partial charge in [-0.25, -0.2) is 4.79 Å². The van der Waals surface area contributed by atoms with Crippen molar-refractivity contribution < 1.29 is 15.0 Å². The van der Waals surface area contributed by atoms with E-state index >= 15 is 0 Å². The minimum Gasteiger partial charge on any atom is -0.506 e. The number of nitrogens with one attached hydrogen (secondary N) is 1. The number of aromatic hydroxyl groups is 1. The van der Waals surface area contributed by atoms with Crippen LogP contribution in [0, 0.1) is 18.3 Å². The highest BCUT2D eigenvalue weighted by molar-refractivity contribution is 5.92. The number of nitrogens with zero attached hydrogens (tertiary/aromatic N) is 2. The number of carbonyl (C=O) groups is 1. The van der Waals surface area contributed by atoms with Crippen LogP contribution < -0.4 is 5.56 Å². The molecule has 1 saturated heterocycles. The number of aromatic carboxylic acids is 1. The van der Waals surface area contributed by atoms with Crippen LogP contribution in [-0.2, 0) is 20.0 Å². The summed E-state index contributed by atoms with van der Waals surface area (Å²) in [6.45, 7) is 4.55. The number of hydrogen-bond donors (Lipinski definition) is 3. The summed E-state index contributed by atoms with van der Waals surface area (Å²) in [4.78, 5) is 28.8. The molecule has 1 aliphatic rings. The van der Waals surface area contributed by atoms with E-state index in [4.69, 9.17) is 6.42 Å². The first-order chi connectivity index (χ1) is 15.3. The molecule has 0 aliphatic carbocycles. The Labute approximate surface area is 186 Å². The number of rotatable bonds is 5. The predicted octanol–water partition coefficient (Wildman–Crippen LogP) is 3.35. The number of carboxylic acid groups (broad SMARTS) is 1. The Bertz CT molecular complexity index is 1300. The van der Waals surface area contributed by atoms with Crippen LogP contribution in [0.1, 0.15) is 41.4 Å². The fraction of sp³-hybridized carbons (Fsp3) is 0.360. The third-order valence-corrected chi connectivity index (χ3v) is 6.41. The first-order valence-corrected chi connectivity index (χ1v) is 10.8. The van der Waals surface area contributed by atoms with Gasteiger partial charge >= 0.3 is 5.97 Å². The Hall–Kier alpha value is -3.50. The number of aryl methyl sites for hydroxylation is 1. The summed E-state index contributed by atoms with van der Waals surface area (Å²) in [6.07, 6.45) is 8.20. The van der Waals surface area contributed by atoms with Gasteiger partial charge in [-0.3, -0.25) is 9.69 Å². The first-order valence-electron chi connectivity index (χ1n) is 10.8. The largest absolute Gasteiger partial charge is 0.506 e. The molecule has 0 spiro atoms. The van der Waals surface area contributed by atoms with Gasteiger partial charge in [-0.1, -0.05) is 13.0 Å². The van der Waals surface area contributed by atoms with Crippen molar-refractivity contribution >= 4 is 16.9 Å². The number of fused-ring (bicyclic) bond motifs is 1. The van der Waals surface area contributed by atoms with Crippen molar-refractivity contribution in [2.24, 2.45) is 13.0 Å². The lowest BCUT2D eigenvalue weighted by Gasteiger charge is -2.30. The van der Waals surface area contributed by atoms with Gasteiger partial charge in [0.2, 0.25) is 0 Å². The van der Waals surface area contributed by atoms with Crippen molar-refractivity contribution in [1.29, 1.82) is 0 Å². The van der Waals surface area contributed by atoms with Crippen LogP contribution in [0.2, 0.25) is 0 Å². The highest BCUT2D eigenvalue weighted by atomic mass is 16.4. The van der Waals surface area contributed by atoms with E-state index < -0.39 is 22.8 Å². The maximum absolute atomic E-state index is 12.3. The van der Waals surface area contributed by atoms with Gasteiger partial charge in [-0.2, -0.15) is 0 Å². The van der Waals surface area contributed by atoms with E-state index in [1.165, 1.54) is 5.69 Å². The number of pyridine rings is 1. The summed E-state index contributed by atoms with van der Waals surface area (Å²) in [7, 11) is 2.03.